The zero-order chi connectivity index (χ0) is 13.0. The number of ether oxygens (including phenoxy) is 1. The van der Waals surface area contributed by atoms with E-state index in [-0.39, 0.29) is 12.5 Å². The van der Waals surface area contributed by atoms with Crippen LogP contribution in [-0.2, 0) is 9.53 Å². The highest BCUT2D eigenvalue weighted by molar-refractivity contribution is 7.12. The second-order valence-electron chi connectivity index (χ2n) is 4.53. The number of thiophene rings is 1. The van der Waals surface area contributed by atoms with Crippen LogP contribution in [0.25, 0.3) is 6.08 Å². The minimum atomic E-state index is -0.900. The van der Waals surface area contributed by atoms with Crippen molar-refractivity contribution in [3.8, 4) is 0 Å². The zero-order valence-electron chi connectivity index (χ0n) is 10.3. The molecule has 1 aromatic heterocycles. The van der Waals surface area contributed by atoms with E-state index in [0.717, 1.165) is 4.88 Å². The molecule has 98 valence electrons. The molecule has 0 aliphatic carbocycles. The van der Waals surface area contributed by atoms with Gasteiger partial charge in [-0.15, -0.1) is 11.3 Å². The van der Waals surface area contributed by atoms with Gasteiger partial charge >= 0.3 is 0 Å². The minimum Gasteiger partial charge on any atom is -0.386 e. The first kappa shape index (κ1) is 13.3. The Labute approximate surface area is 110 Å². The molecule has 1 aromatic rings. The lowest BCUT2D eigenvalue weighted by Gasteiger charge is -2.19. The number of amides is 1. The first-order valence-electron chi connectivity index (χ1n) is 5.90. The zero-order valence-corrected chi connectivity index (χ0v) is 11.1. The second kappa shape index (κ2) is 5.65. The molecule has 1 unspecified atom stereocenters. The summed E-state index contributed by atoms with van der Waals surface area (Å²) in [7, 11) is 0. The van der Waals surface area contributed by atoms with Crippen LogP contribution in [0.1, 0.15) is 16.2 Å². The lowest BCUT2D eigenvalue weighted by Crippen LogP contribution is -2.42. The van der Waals surface area contributed by atoms with Gasteiger partial charge in [-0.2, -0.15) is 0 Å². The topological polar surface area (TPSA) is 58.6 Å². The van der Waals surface area contributed by atoms with Crippen LogP contribution in [0.15, 0.2) is 18.2 Å². The van der Waals surface area contributed by atoms with Gasteiger partial charge in [0.1, 0.15) is 5.60 Å². The molecule has 1 aliphatic heterocycles. The molecule has 0 saturated carbocycles. The van der Waals surface area contributed by atoms with Gasteiger partial charge in [-0.1, -0.05) is 0 Å². The van der Waals surface area contributed by atoms with Crippen molar-refractivity contribution in [1.82, 2.24) is 5.32 Å². The fourth-order valence-electron chi connectivity index (χ4n) is 1.75. The smallest absolute Gasteiger partial charge is 0.244 e. The predicted molar refractivity (Wildman–Crippen MR) is 71.5 cm³/mol. The Kier molecular flexibility index (Phi) is 4.16. The van der Waals surface area contributed by atoms with Crippen molar-refractivity contribution in [2.45, 2.75) is 18.9 Å². The fraction of sp³-hybridized carbons (Fsp3) is 0.462. The summed E-state index contributed by atoms with van der Waals surface area (Å²) >= 11 is 1.64. The Balaban J connectivity index is 1.80. The van der Waals surface area contributed by atoms with E-state index in [2.05, 4.69) is 5.32 Å². The molecular weight excluding hydrogens is 250 g/mol. The molecule has 18 heavy (non-hydrogen) atoms. The number of rotatable bonds is 4. The molecule has 1 saturated heterocycles. The molecule has 1 fully saturated rings. The Hall–Kier alpha value is -1.17. The standard InChI is InChI=1S/C13H17NO3S/c1-10-2-3-11(18-10)4-5-12(15)14-8-13(16)6-7-17-9-13/h2-5,16H,6-9H2,1H3,(H,14,15)/b5-4+. The summed E-state index contributed by atoms with van der Waals surface area (Å²) in [5.74, 6) is -0.193. The summed E-state index contributed by atoms with van der Waals surface area (Å²) in [5.41, 5.74) is -0.900. The quantitative estimate of drug-likeness (QED) is 0.809. The normalized spacial score (nSPS) is 23.7. The Morgan fingerprint density at radius 2 is 2.50 bits per heavy atom. The van der Waals surface area contributed by atoms with E-state index in [0.29, 0.717) is 19.6 Å². The van der Waals surface area contributed by atoms with Gasteiger partial charge in [0.25, 0.3) is 0 Å². The number of aryl methyl sites for hydroxylation is 1. The van der Waals surface area contributed by atoms with Crippen molar-refractivity contribution in [3.05, 3.63) is 28.0 Å². The average molecular weight is 267 g/mol. The lowest BCUT2D eigenvalue weighted by molar-refractivity contribution is -0.117. The van der Waals surface area contributed by atoms with Gasteiger partial charge in [0, 0.05) is 35.4 Å². The van der Waals surface area contributed by atoms with Gasteiger partial charge in [-0.25, -0.2) is 0 Å². The molecule has 0 spiro atoms. The van der Waals surface area contributed by atoms with Gasteiger partial charge < -0.3 is 15.2 Å². The molecule has 1 amide bonds. The summed E-state index contributed by atoms with van der Waals surface area (Å²) in [6, 6.07) is 3.99. The van der Waals surface area contributed by atoms with E-state index < -0.39 is 5.60 Å². The van der Waals surface area contributed by atoms with E-state index in [4.69, 9.17) is 4.74 Å². The van der Waals surface area contributed by atoms with Crippen molar-refractivity contribution in [3.63, 3.8) is 0 Å². The number of hydrogen-bond donors (Lipinski definition) is 2. The summed E-state index contributed by atoms with van der Waals surface area (Å²) in [6.07, 6.45) is 3.84. The van der Waals surface area contributed by atoms with Crippen LogP contribution in [0.4, 0.5) is 0 Å². The summed E-state index contributed by atoms with van der Waals surface area (Å²) in [4.78, 5) is 13.8. The monoisotopic (exact) mass is 267 g/mol. The molecule has 2 rings (SSSR count). The third-order valence-corrected chi connectivity index (χ3v) is 3.80. The minimum absolute atomic E-state index is 0.193. The molecular formula is C13H17NO3S. The maximum absolute atomic E-state index is 11.6. The van der Waals surface area contributed by atoms with Crippen LogP contribution in [0.3, 0.4) is 0 Å². The fourth-order valence-corrected chi connectivity index (χ4v) is 2.53. The molecule has 1 aliphatic rings. The van der Waals surface area contributed by atoms with E-state index in [1.54, 1.807) is 17.4 Å². The number of aliphatic hydroxyl groups is 1. The first-order chi connectivity index (χ1) is 8.57. The van der Waals surface area contributed by atoms with Crippen LogP contribution in [0.5, 0.6) is 0 Å². The molecule has 1 atom stereocenters. The number of nitrogens with one attached hydrogen (secondary N) is 1. The maximum Gasteiger partial charge on any atom is 0.244 e. The van der Waals surface area contributed by atoms with E-state index in [1.165, 1.54) is 11.0 Å². The molecule has 2 heterocycles. The van der Waals surface area contributed by atoms with Crippen molar-refractivity contribution in [1.29, 1.82) is 0 Å². The van der Waals surface area contributed by atoms with Crippen LogP contribution in [0.2, 0.25) is 0 Å². The summed E-state index contributed by atoms with van der Waals surface area (Å²) in [5, 5.41) is 12.7. The van der Waals surface area contributed by atoms with Crippen LogP contribution in [-0.4, -0.2) is 36.4 Å². The Morgan fingerprint density at radius 3 is 3.11 bits per heavy atom. The van der Waals surface area contributed by atoms with E-state index in [9.17, 15) is 9.90 Å². The van der Waals surface area contributed by atoms with Gasteiger partial charge in [0.2, 0.25) is 5.91 Å². The number of hydrogen-bond acceptors (Lipinski definition) is 4. The van der Waals surface area contributed by atoms with Gasteiger partial charge in [-0.05, 0) is 25.1 Å². The van der Waals surface area contributed by atoms with Crippen LogP contribution in [0, 0.1) is 6.92 Å². The van der Waals surface area contributed by atoms with Crippen LogP contribution >= 0.6 is 11.3 Å². The highest BCUT2D eigenvalue weighted by Crippen LogP contribution is 2.17. The molecule has 4 nitrogen and oxygen atoms in total. The lowest BCUT2D eigenvalue weighted by atomic mass is 10.0. The van der Waals surface area contributed by atoms with Gasteiger partial charge in [-0.3, -0.25) is 4.79 Å². The summed E-state index contributed by atoms with van der Waals surface area (Å²) in [6.45, 7) is 3.11. The van der Waals surface area contributed by atoms with E-state index in [1.807, 2.05) is 19.1 Å². The van der Waals surface area contributed by atoms with Crippen molar-refractivity contribution >= 4 is 23.3 Å². The molecule has 0 aromatic carbocycles. The van der Waals surface area contributed by atoms with Crippen LogP contribution < -0.4 is 5.32 Å². The molecule has 2 N–H and O–H groups in total. The third kappa shape index (κ3) is 3.66. The molecule has 5 heteroatoms. The average Bonchev–Trinajstić information content (AvgIpc) is 2.94. The van der Waals surface area contributed by atoms with Crippen molar-refractivity contribution in [2.75, 3.05) is 19.8 Å². The highest BCUT2D eigenvalue weighted by Gasteiger charge is 2.32. The number of carbonyl (C=O) groups is 1. The maximum atomic E-state index is 11.6. The van der Waals surface area contributed by atoms with E-state index >= 15 is 0 Å². The highest BCUT2D eigenvalue weighted by atomic mass is 32.1. The third-order valence-electron chi connectivity index (χ3n) is 2.83. The summed E-state index contributed by atoms with van der Waals surface area (Å²) < 4.78 is 5.11. The Morgan fingerprint density at radius 1 is 1.67 bits per heavy atom. The molecule has 0 bridgehead atoms. The number of carbonyl (C=O) groups excluding carboxylic acids is 1. The second-order valence-corrected chi connectivity index (χ2v) is 5.85. The first-order valence-corrected chi connectivity index (χ1v) is 6.72. The Bertz CT molecular complexity index is 447. The SMILES string of the molecule is Cc1ccc(/C=C/C(=O)NCC2(O)CCOC2)s1. The predicted octanol–water partition coefficient (Wildman–Crippen LogP) is 1.34. The van der Waals surface area contributed by atoms with Crippen molar-refractivity contribution < 1.29 is 14.6 Å². The van der Waals surface area contributed by atoms with Gasteiger partial charge in [0.05, 0.1) is 6.61 Å². The van der Waals surface area contributed by atoms with Gasteiger partial charge in [0.15, 0.2) is 0 Å². The largest absolute Gasteiger partial charge is 0.386 e. The molecule has 0 radical (unpaired) electrons. The van der Waals surface area contributed by atoms with Crippen molar-refractivity contribution in [2.24, 2.45) is 0 Å².